The van der Waals surface area contributed by atoms with Gasteiger partial charge < -0.3 is 25.5 Å². The van der Waals surface area contributed by atoms with E-state index in [0.29, 0.717) is 18.6 Å². The van der Waals surface area contributed by atoms with Crippen molar-refractivity contribution in [2.24, 2.45) is 5.73 Å². The predicted molar refractivity (Wildman–Crippen MR) is 134 cm³/mol. The second kappa shape index (κ2) is 14.3. The number of carbonyl (C=O) groups excluding carboxylic acids is 3. The van der Waals surface area contributed by atoms with E-state index < -0.39 is 23.6 Å². The maximum atomic E-state index is 13.4. The highest BCUT2D eigenvalue weighted by molar-refractivity contribution is 7.99. The van der Waals surface area contributed by atoms with Crippen molar-refractivity contribution in [2.75, 3.05) is 56.7 Å². The van der Waals surface area contributed by atoms with E-state index in [1.165, 1.54) is 28.4 Å². The normalized spacial score (nSPS) is 16.9. The molecule has 0 unspecified atom stereocenters. The van der Waals surface area contributed by atoms with Crippen LogP contribution in [0.4, 0.5) is 0 Å². The molecule has 0 radical (unpaired) electrons. The second-order valence-corrected chi connectivity index (χ2v) is 11.4. The number of primary amides is 1. The van der Waals surface area contributed by atoms with Crippen LogP contribution in [0.3, 0.4) is 0 Å². The van der Waals surface area contributed by atoms with Crippen LogP contribution in [0.25, 0.3) is 0 Å². The summed E-state index contributed by atoms with van der Waals surface area (Å²) in [5.74, 6) is 2.64. The van der Waals surface area contributed by atoms with Gasteiger partial charge >= 0.3 is 0 Å². The van der Waals surface area contributed by atoms with Crippen LogP contribution >= 0.6 is 23.5 Å². The third kappa shape index (κ3) is 10.3. The molecule has 0 bridgehead atoms. The van der Waals surface area contributed by atoms with Crippen LogP contribution in [0, 0.1) is 0 Å². The molecule has 1 rings (SSSR count). The Labute approximate surface area is 202 Å². The molecule has 3 N–H and O–H groups in total. The van der Waals surface area contributed by atoms with Gasteiger partial charge in [-0.1, -0.05) is 6.92 Å². The van der Waals surface area contributed by atoms with Gasteiger partial charge in [0.2, 0.25) is 17.7 Å². The first-order chi connectivity index (χ1) is 15.0. The van der Waals surface area contributed by atoms with Crippen LogP contribution in [0.5, 0.6) is 0 Å². The highest BCUT2D eigenvalue weighted by Gasteiger charge is 2.36. The van der Waals surface area contributed by atoms with E-state index in [-0.39, 0.29) is 18.2 Å². The Morgan fingerprint density at radius 1 is 1.16 bits per heavy atom. The fourth-order valence-corrected chi connectivity index (χ4v) is 5.68. The third-order valence-corrected chi connectivity index (χ3v) is 7.66. The molecule has 0 aromatic rings. The lowest BCUT2D eigenvalue weighted by atomic mass is 9.97. The highest BCUT2D eigenvalue weighted by atomic mass is 32.2. The van der Waals surface area contributed by atoms with E-state index in [0.717, 1.165) is 31.8 Å². The molecular weight excluding hydrogens is 448 g/mol. The number of likely N-dealkylation sites (N-methyl/N-ethyl adjacent to an activating group) is 2. The van der Waals surface area contributed by atoms with Crippen molar-refractivity contribution in [3.05, 3.63) is 0 Å². The Morgan fingerprint density at radius 3 is 2.31 bits per heavy atom. The summed E-state index contributed by atoms with van der Waals surface area (Å²) in [4.78, 5) is 43.2. The number of amides is 3. The molecule has 0 spiro atoms. The molecule has 3 amide bonds. The Morgan fingerprint density at radius 2 is 1.78 bits per heavy atom. The number of rotatable bonds is 14. The van der Waals surface area contributed by atoms with Crippen molar-refractivity contribution in [3.8, 4) is 0 Å². The van der Waals surface area contributed by atoms with Gasteiger partial charge in [0.25, 0.3) is 0 Å². The molecular formula is C22H42N4O4S2. The average molecular weight is 491 g/mol. The van der Waals surface area contributed by atoms with Crippen molar-refractivity contribution < 1.29 is 19.5 Å². The number of nitrogens with zero attached hydrogens (tertiary/aromatic N) is 3. The summed E-state index contributed by atoms with van der Waals surface area (Å²) in [6.45, 7) is 8.39. The number of carbonyl (C=O) groups is 3. The Kier molecular flexibility index (Phi) is 13.0. The number of hydrogen-bond donors (Lipinski definition) is 2. The van der Waals surface area contributed by atoms with E-state index in [4.69, 9.17) is 5.73 Å². The first-order valence-electron chi connectivity index (χ1n) is 11.4. The summed E-state index contributed by atoms with van der Waals surface area (Å²) in [7, 11) is 3.17. The van der Waals surface area contributed by atoms with Gasteiger partial charge in [-0.05, 0) is 39.0 Å². The van der Waals surface area contributed by atoms with Gasteiger partial charge in [-0.15, -0.1) is 0 Å². The first-order valence-corrected chi connectivity index (χ1v) is 13.7. The molecule has 2 atom stereocenters. The minimum Gasteiger partial charge on any atom is -0.390 e. The fraction of sp³-hybridized carbons (Fsp3) is 0.864. The number of nitrogens with two attached hydrogens (primary N) is 1. The summed E-state index contributed by atoms with van der Waals surface area (Å²) in [6, 6.07) is -1.62. The fourth-order valence-electron chi connectivity index (χ4n) is 3.61. The summed E-state index contributed by atoms with van der Waals surface area (Å²) >= 11 is 3.65. The van der Waals surface area contributed by atoms with Crippen LogP contribution in [-0.4, -0.2) is 112 Å². The van der Waals surface area contributed by atoms with Crippen LogP contribution in [-0.2, 0) is 14.4 Å². The summed E-state index contributed by atoms with van der Waals surface area (Å²) in [5, 5.41) is 10.2. The van der Waals surface area contributed by atoms with E-state index >= 15 is 0 Å². The zero-order valence-corrected chi connectivity index (χ0v) is 22.0. The van der Waals surface area contributed by atoms with Crippen LogP contribution < -0.4 is 5.73 Å². The van der Waals surface area contributed by atoms with Crippen LogP contribution in [0.2, 0.25) is 0 Å². The molecule has 186 valence electrons. The molecule has 1 heterocycles. The van der Waals surface area contributed by atoms with Crippen LogP contribution in [0.15, 0.2) is 0 Å². The summed E-state index contributed by atoms with van der Waals surface area (Å²) in [5.41, 5.74) is 4.38. The van der Waals surface area contributed by atoms with Crippen molar-refractivity contribution in [1.29, 1.82) is 0 Å². The summed E-state index contributed by atoms with van der Waals surface area (Å²) < 4.78 is 0. The minimum absolute atomic E-state index is 0.0329. The Bertz CT molecular complexity index is 609. The lowest BCUT2D eigenvalue weighted by Gasteiger charge is -2.35. The predicted octanol–water partition coefficient (Wildman–Crippen LogP) is 1.26. The molecule has 10 heteroatoms. The van der Waals surface area contributed by atoms with Gasteiger partial charge in [0.15, 0.2) is 0 Å². The molecule has 0 saturated carbocycles. The number of aliphatic hydroxyl groups is 1. The quantitative estimate of drug-likeness (QED) is 0.353. The maximum Gasteiger partial charge on any atom is 0.246 e. The molecule has 0 aromatic heterocycles. The smallest absolute Gasteiger partial charge is 0.246 e. The highest BCUT2D eigenvalue weighted by Crippen LogP contribution is 2.19. The van der Waals surface area contributed by atoms with Gasteiger partial charge in [0.1, 0.15) is 12.1 Å². The Hall–Kier alpha value is -0.970. The zero-order chi connectivity index (χ0) is 24.3. The van der Waals surface area contributed by atoms with Gasteiger partial charge in [-0.3, -0.25) is 14.4 Å². The maximum absolute atomic E-state index is 13.4. The van der Waals surface area contributed by atoms with Gasteiger partial charge in [-0.2, -0.15) is 23.5 Å². The lowest BCUT2D eigenvalue weighted by molar-refractivity contribution is -0.147. The minimum atomic E-state index is -1.16. The first kappa shape index (κ1) is 29.1. The Balaban J connectivity index is 2.78. The molecule has 1 saturated heterocycles. The second-order valence-electron chi connectivity index (χ2n) is 9.04. The standard InChI is InChI=1S/C22H42N4O4S2/c1-6-8-19(27)24(4)18(16-32-12-7-9-26-10-13-31-14-11-26)21(29)25(5)17(20(23)28)15-22(2,3)30/h17-18,30H,6-16H2,1-5H3,(H2,23,28)/t17-,18+/m0/s1. The van der Waals surface area contributed by atoms with Crippen molar-refractivity contribution in [1.82, 2.24) is 14.7 Å². The third-order valence-electron chi connectivity index (χ3n) is 5.59. The van der Waals surface area contributed by atoms with E-state index in [1.54, 1.807) is 32.7 Å². The van der Waals surface area contributed by atoms with E-state index in [2.05, 4.69) is 4.90 Å². The zero-order valence-electron chi connectivity index (χ0n) is 20.3. The summed E-state index contributed by atoms with van der Waals surface area (Å²) in [6.07, 6.45) is 2.13. The van der Waals surface area contributed by atoms with Gasteiger partial charge in [0.05, 0.1) is 5.60 Å². The van der Waals surface area contributed by atoms with Crippen molar-refractivity contribution >= 4 is 41.2 Å². The van der Waals surface area contributed by atoms with Gasteiger partial charge in [-0.25, -0.2) is 0 Å². The van der Waals surface area contributed by atoms with Crippen LogP contribution in [0.1, 0.15) is 46.5 Å². The SMILES string of the molecule is CCCC(=O)N(C)[C@H](CSCCCN1CCSCC1)C(=O)N(C)[C@@H](CC(C)(C)O)C(N)=O. The molecule has 1 aliphatic heterocycles. The monoisotopic (exact) mass is 490 g/mol. The largest absolute Gasteiger partial charge is 0.390 e. The number of hydrogen-bond acceptors (Lipinski definition) is 7. The molecule has 0 aliphatic carbocycles. The van der Waals surface area contributed by atoms with Gasteiger partial charge in [0, 0.05) is 57.3 Å². The lowest BCUT2D eigenvalue weighted by Crippen LogP contribution is -2.56. The topological polar surface area (TPSA) is 107 Å². The molecule has 1 fully saturated rings. The molecule has 32 heavy (non-hydrogen) atoms. The number of thioether (sulfide) groups is 2. The molecule has 8 nitrogen and oxygen atoms in total. The molecule has 1 aliphatic rings. The van der Waals surface area contributed by atoms with Crippen molar-refractivity contribution in [2.45, 2.75) is 64.1 Å². The molecule has 0 aromatic carbocycles. The average Bonchev–Trinajstić information content (AvgIpc) is 2.73. The van der Waals surface area contributed by atoms with Crippen molar-refractivity contribution in [3.63, 3.8) is 0 Å². The van der Waals surface area contributed by atoms with E-state index in [9.17, 15) is 19.5 Å². The van der Waals surface area contributed by atoms with E-state index in [1.807, 2.05) is 18.7 Å².